The second kappa shape index (κ2) is 11.2. The van der Waals surface area contributed by atoms with Crippen LogP contribution >= 0.6 is 0 Å². The van der Waals surface area contributed by atoms with Gasteiger partial charge < -0.3 is 19.7 Å². The van der Waals surface area contributed by atoms with E-state index in [1.165, 1.54) is 14.2 Å². The molecule has 0 bridgehead atoms. The van der Waals surface area contributed by atoms with Gasteiger partial charge in [-0.2, -0.15) is 0 Å². The van der Waals surface area contributed by atoms with Crippen LogP contribution in [-0.2, 0) is 23.9 Å². The van der Waals surface area contributed by atoms with Crippen LogP contribution in [-0.4, -0.2) is 54.4 Å². The van der Waals surface area contributed by atoms with Gasteiger partial charge in [0.25, 0.3) is 0 Å². The average Bonchev–Trinajstić information content (AvgIpc) is 2.87. The fourth-order valence-electron chi connectivity index (χ4n) is 3.51. The van der Waals surface area contributed by atoms with E-state index in [0.717, 1.165) is 0 Å². The molecule has 25 heavy (non-hydrogen) atoms. The zero-order valence-corrected chi connectivity index (χ0v) is 15.1. The molecule has 7 heteroatoms. The lowest BCUT2D eigenvalue weighted by Crippen LogP contribution is -2.24. The molecule has 0 aromatic rings. The van der Waals surface area contributed by atoms with Crippen molar-refractivity contribution in [2.45, 2.75) is 70.0 Å². The van der Waals surface area contributed by atoms with Gasteiger partial charge >= 0.3 is 11.9 Å². The van der Waals surface area contributed by atoms with E-state index < -0.39 is 12.2 Å². The first kappa shape index (κ1) is 21.6. The standard InChI is InChI=1S/C18H30O7/c1-24-17(22)6-4-3-5-12(19)7-8-13-14(9-10-18(23)25-2)16(21)11-15(13)20/h13-16,20-21H,3-11H2,1-2H3/t13-,14+,15-,16+/m1/s1. The highest BCUT2D eigenvalue weighted by molar-refractivity contribution is 5.78. The van der Waals surface area contributed by atoms with E-state index >= 15 is 0 Å². The van der Waals surface area contributed by atoms with Crippen molar-refractivity contribution in [3.8, 4) is 0 Å². The number of aliphatic hydroxyl groups is 2. The zero-order valence-electron chi connectivity index (χ0n) is 15.1. The maximum Gasteiger partial charge on any atom is 0.305 e. The first-order valence-corrected chi connectivity index (χ1v) is 8.90. The van der Waals surface area contributed by atoms with Crippen molar-refractivity contribution in [2.24, 2.45) is 11.8 Å². The largest absolute Gasteiger partial charge is 0.469 e. The van der Waals surface area contributed by atoms with E-state index in [0.29, 0.717) is 44.9 Å². The van der Waals surface area contributed by atoms with Gasteiger partial charge in [0, 0.05) is 25.7 Å². The van der Waals surface area contributed by atoms with Crippen LogP contribution < -0.4 is 0 Å². The van der Waals surface area contributed by atoms with Gasteiger partial charge in [-0.1, -0.05) is 0 Å². The number of methoxy groups -OCH3 is 2. The Morgan fingerprint density at radius 1 is 0.800 bits per heavy atom. The van der Waals surface area contributed by atoms with Crippen LogP contribution in [0, 0.1) is 11.8 Å². The van der Waals surface area contributed by atoms with Crippen LogP contribution in [0.2, 0.25) is 0 Å². The summed E-state index contributed by atoms with van der Waals surface area (Å²) in [7, 11) is 2.66. The fraction of sp³-hybridized carbons (Fsp3) is 0.833. The summed E-state index contributed by atoms with van der Waals surface area (Å²) in [5, 5.41) is 20.2. The van der Waals surface area contributed by atoms with Gasteiger partial charge in [-0.25, -0.2) is 0 Å². The number of ether oxygens (including phenoxy) is 2. The first-order chi connectivity index (χ1) is 11.9. The quantitative estimate of drug-likeness (QED) is 0.424. The molecule has 7 nitrogen and oxygen atoms in total. The molecule has 1 saturated carbocycles. The highest BCUT2D eigenvalue weighted by atomic mass is 16.5. The second-order valence-corrected chi connectivity index (χ2v) is 6.67. The molecule has 4 atom stereocenters. The van der Waals surface area contributed by atoms with Crippen molar-refractivity contribution in [2.75, 3.05) is 14.2 Å². The predicted molar refractivity (Wildman–Crippen MR) is 89.6 cm³/mol. The van der Waals surface area contributed by atoms with E-state index in [1.54, 1.807) is 0 Å². The lowest BCUT2D eigenvalue weighted by molar-refractivity contribution is -0.141. The van der Waals surface area contributed by atoms with Gasteiger partial charge in [0.1, 0.15) is 5.78 Å². The Balaban J connectivity index is 2.35. The minimum atomic E-state index is -0.653. The molecule has 0 heterocycles. The molecule has 0 aliphatic heterocycles. The van der Waals surface area contributed by atoms with Crippen molar-refractivity contribution >= 4 is 17.7 Å². The number of carbonyl (C=O) groups is 3. The average molecular weight is 358 g/mol. The molecule has 1 fully saturated rings. The number of hydrogen-bond donors (Lipinski definition) is 2. The van der Waals surface area contributed by atoms with Crippen LogP contribution in [0.3, 0.4) is 0 Å². The molecule has 0 saturated heterocycles. The topological polar surface area (TPSA) is 110 Å². The van der Waals surface area contributed by atoms with Gasteiger partial charge in [0.2, 0.25) is 0 Å². The molecule has 1 aliphatic carbocycles. The monoisotopic (exact) mass is 358 g/mol. The lowest BCUT2D eigenvalue weighted by atomic mass is 9.85. The van der Waals surface area contributed by atoms with Crippen LogP contribution in [0.25, 0.3) is 0 Å². The normalized spacial score (nSPS) is 25.6. The van der Waals surface area contributed by atoms with Gasteiger partial charge in [0.05, 0.1) is 26.4 Å². The minimum absolute atomic E-state index is 0.0881. The number of ketones is 1. The lowest BCUT2D eigenvalue weighted by Gasteiger charge is -2.23. The maximum absolute atomic E-state index is 12.0. The fourth-order valence-corrected chi connectivity index (χ4v) is 3.51. The molecule has 0 aromatic carbocycles. The van der Waals surface area contributed by atoms with Crippen molar-refractivity contribution in [3.05, 3.63) is 0 Å². The number of aliphatic hydroxyl groups excluding tert-OH is 2. The highest BCUT2D eigenvalue weighted by Crippen LogP contribution is 2.38. The van der Waals surface area contributed by atoms with Crippen molar-refractivity contribution in [3.63, 3.8) is 0 Å². The van der Waals surface area contributed by atoms with Crippen molar-refractivity contribution in [1.82, 2.24) is 0 Å². The Labute approximate surface area is 148 Å². The van der Waals surface area contributed by atoms with Crippen molar-refractivity contribution in [1.29, 1.82) is 0 Å². The molecule has 0 spiro atoms. The van der Waals surface area contributed by atoms with Crippen LogP contribution in [0.1, 0.15) is 57.8 Å². The number of unbranched alkanes of at least 4 members (excludes halogenated alkanes) is 1. The summed E-state index contributed by atoms with van der Waals surface area (Å²) in [4.78, 5) is 34.3. The molecule has 1 aliphatic rings. The van der Waals surface area contributed by atoms with Crippen molar-refractivity contribution < 1.29 is 34.1 Å². The molecular formula is C18H30O7. The summed E-state index contributed by atoms with van der Waals surface area (Å²) in [5.41, 5.74) is 0. The number of Topliss-reactive ketones (excluding diaryl/α,β-unsaturated/α-hetero) is 1. The molecular weight excluding hydrogens is 328 g/mol. The van der Waals surface area contributed by atoms with Gasteiger partial charge in [0.15, 0.2) is 0 Å². The second-order valence-electron chi connectivity index (χ2n) is 6.67. The van der Waals surface area contributed by atoms with E-state index in [-0.39, 0.29) is 42.4 Å². The molecule has 0 aromatic heterocycles. The number of rotatable bonds is 11. The molecule has 0 unspecified atom stereocenters. The third-order valence-corrected chi connectivity index (χ3v) is 5.00. The number of carbonyl (C=O) groups excluding carboxylic acids is 3. The Morgan fingerprint density at radius 3 is 1.84 bits per heavy atom. The van der Waals surface area contributed by atoms with E-state index in [9.17, 15) is 24.6 Å². The van der Waals surface area contributed by atoms with Crippen LogP contribution in [0.15, 0.2) is 0 Å². The van der Waals surface area contributed by atoms with E-state index in [2.05, 4.69) is 9.47 Å². The Morgan fingerprint density at radius 2 is 1.28 bits per heavy atom. The number of hydrogen-bond acceptors (Lipinski definition) is 7. The summed E-state index contributed by atoms with van der Waals surface area (Å²) in [6.45, 7) is 0. The predicted octanol–water partition coefficient (Wildman–Crippen LogP) is 1.38. The Kier molecular flexibility index (Phi) is 9.67. The van der Waals surface area contributed by atoms with Gasteiger partial charge in [-0.3, -0.25) is 14.4 Å². The maximum atomic E-state index is 12.0. The van der Waals surface area contributed by atoms with Crippen LogP contribution in [0.4, 0.5) is 0 Å². The Hall–Kier alpha value is -1.47. The highest BCUT2D eigenvalue weighted by Gasteiger charge is 2.41. The smallest absolute Gasteiger partial charge is 0.305 e. The van der Waals surface area contributed by atoms with E-state index in [4.69, 9.17) is 0 Å². The summed E-state index contributed by atoms with van der Waals surface area (Å²) in [6, 6.07) is 0. The first-order valence-electron chi connectivity index (χ1n) is 8.90. The SMILES string of the molecule is COC(=O)CCCCC(=O)CC[C@@H]1[C@H](CCC(=O)OC)[C@@H](O)C[C@H]1O. The summed E-state index contributed by atoms with van der Waals surface area (Å²) < 4.78 is 9.16. The molecule has 144 valence electrons. The molecule has 1 rings (SSSR count). The Bertz CT molecular complexity index is 449. The third kappa shape index (κ3) is 7.52. The summed E-state index contributed by atoms with van der Waals surface area (Å²) in [5.74, 6) is -0.900. The number of esters is 2. The van der Waals surface area contributed by atoms with Gasteiger partial charge in [-0.15, -0.1) is 0 Å². The molecule has 0 radical (unpaired) electrons. The molecule has 2 N–H and O–H groups in total. The third-order valence-electron chi connectivity index (χ3n) is 5.00. The summed E-state index contributed by atoms with van der Waals surface area (Å²) >= 11 is 0. The van der Waals surface area contributed by atoms with Crippen LogP contribution in [0.5, 0.6) is 0 Å². The summed E-state index contributed by atoms with van der Waals surface area (Å²) in [6.07, 6.45) is 2.42. The van der Waals surface area contributed by atoms with Gasteiger partial charge in [-0.05, 0) is 43.9 Å². The minimum Gasteiger partial charge on any atom is -0.469 e. The van der Waals surface area contributed by atoms with E-state index in [1.807, 2.05) is 0 Å². The zero-order chi connectivity index (χ0) is 18.8. The molecule has 0 amide bonds.